The highest BCUT2D eigenvalue weighted by Crippen LogP contribution is 1.92. The van der Waals surface area contributed by atoms with Gasteiger partial charge in [-0.05, 0) is 6.92 Å². The average molecular weight is 262 g/mol. The van der Waals surface area contributed by atoms with Crippen LogP contribution < -0.4 is 0 Å². The molecular weight excluding hydrogens is 252 g/mol. The van der Waals surface area contributed by atoms with Crippen molar-refractivity contribution < 1.29 is 34.6 Å². The monoisotopic (exact) mass is 262 g/mol. The van der Waals surface area contributed by atoms with Crippen LogP contribution in [0.1, 0.15) is 6.92 Å². The van der Waals surface area contributed by atoms with E-state index in [0.717, 1.165) is 5.57 Å². The molecule has 0 aliphatic carbocycles. The van der Waals surface area contributed by atoms with Crippen LogP contribution >= 0.6 is 0 Å². The van der Waals surface area contributed by atoms with Gasteiger partial charge in [0, 0.05) is 0 Å². The first-order valence-electron chi connectivity index (χ1n) is 3.08. The maximum Gasteiger partial charge on any atom is 0.425 e. The van der Waals surface area contributed by atoms with Crippen LogP contribution in [0.2, 0.25) is 0 Å². The maximum atomic E-state index is 9.51. The molecule has 0 fully saturated rings. The molecule has 10 heteroatoms. The fraction of sp³-hybridized carbons (Fsp3) is 0.200. The summed E-state index contributed by atoms with van der Waals surface area (Å²) in [5.74, 6) is 0. The van der Waals surface area contributed by atoms with Gasteiger partial charge in [-0.25, -0.2) is 0 Å². The molecule has 0 saturated heterocycles. The molecule has 0 atom stereocenters. The second-order valence-electron chi connectivity index (χ2n) is 2.04. The van der Waals surface area contributed by atoms with E-state index in [9.17, 15) is 16.8 Å². The van der Waals surface area contributed by atoms with Crippen LogP contribution in [0, 0.1) is 0 Å². The van der Waals surface area contributed by atoms with Crippen molar-refractivity contribution in [2.45, 2.75) is 6.92 Å². The molecule has 0 aliphatic rings. The third kappa shape index (κ3) is 24.6. The van der Waals surface area contributed by atoms with E-state index >= 15 is 0 Å². The highest BCUT2D eigenvalue weighted by Gasteiger charge is 2.13. The van der Waals surface area contributed by atoms with Crippen LogP contribution in [0.4, 0.5) is 0 Å². The summed E-state index contributed by atoms with van der Waals surface area (Å²) in [6.07, 6.45) is 1.72. The molecule has 0 heterocycles. The molecule has 15 heavy (non-hydrogen) atoms. The molecule has 0 bridgehead atoms. The average Bonchev–Trinajstić information content (AvgIpc) is 2.00. The van der Waals surface area contributed by atoms with Gasteiger partial charge in [-0.1, -0.05) is 33.5 Å². The minimum Gasteiger partial charge on any atom is -0.262 e. The number of allylic oxidation sites excluding steroid dienone is 2. The molecule has 8 nitrogen and oxygen atoms in total. The van der Waals surface area contributed by atoms with Crippen molar-refractivity contribution in [1.29, 1.82) is 0 Å². The van der Waals surface area contributed by atoms with Crippen LogP contribution in [0.5, 0.6) is 0 Å². The van der Waals surface area contributed by atoms with E-state index in [0.29, 0.717) is 0 Å². The second kappa shape index (κ2) is 6.66. The molecule has 0 amide bonds. The molecule has 0 spiro atoms. The molecule has 0 aromatic carbocycles. The van der Waals surface area contributed by atoms with Gasteiger partial charge in [-0.2, -0.15) is 16.8 Å². The topological polar surface area (TPSA) is 127 Å². The summed E-state index contributed by atoms with van der Waals surface area (Å²) in [4.78, 5) is 0. The lowest BCUT2D eigenvalue weighted by molar-refractivity contribution is -0.105. The second-order valence-corrected chi connectivity index (χ2v) is 4.03. The molecule has 0 rings (SSSR count). The summed E-state index contributed by atoms with van der Waals surface area (Å²) in [5.41, 5.74) is 1.02. The fourth-order valence-electron chi connectivity index (χ4n) is 0.0702. The number of hydrogen-bond acceptors (Lipinski definition) is 6. The zero-order valence-electron chi connectivity index (χ0n) is 7.65. The quantitative estimate of drug-likeness (QED) is 0.320. The van der Waals surface area contributed by atoms with E-state index in [-0.39, 0.29) is 0 Å². The van der Waals surface area contributed by atoms with Crippen molar-refractivity contribution in [2.24, 2.45) is 0 Å². The summed E-state index contributed by atoms with van der Waals surface area (Å²) >= 11 is 0. The first kappa shape index (κ1) is 16.6. The minimum atomic E-state index is -5.02. The van der Waals surface area contributed by atoms with Crippen molar-refractivity contribution in [3.63, 3.8) is 0 Å². The van der Waals surface area contributed by atoms with Crippen LogP contribution in [0.25, 0.3) is 0 Å². The van der Waals surface area contributed by atoms with Gasteiger partial charge in [-0.3, -0.25) is 9.11 Å². The van der Waals surface area contributed by atoms with Gasteiger partial charge in [0.05, 0.1) is 0 Å². The Morgan fingerprint density at radius 3 is 1.40 bits per heavy atom. The molecule has 0 aliphatic heterocycles. The van der Waals surface area contributed by atoms with Gasteiger partial charge in [0.15, 0.2) is 0 Å². The largest absolute Gasteiger partial charge is 0.425 e. The van der Waals surface area contributed by atoms with Crippen molar-refractivity contribution >= 4 is 20.8 Å². The minimum absolute atomic E-state index is 1.02. The summed E-state index contributed by atoms with van der Waals surface area (Å²) in [5, 5.41) is 0. The zero-order chi connectivity index (χ0) is 12.7. The van der Waals surface area contributed by atoms with Crippen molar-refractivity contribution in [3.8, 4) is 0 Å². The molecular formula is C5H10O8S2. The predicted molar refractivity (Wildman–Crippen MR) is 50.3 cm³/mol. The van der Waals surface area contributed by atoms with Crippen molar-refractivity contribution in [1.82, 2.24) is 0 Å². The fourth-order valence-corrected chi connectivity index (χ4v) is 0.632. The van der Waals surface area contributed by atoms with Gasteiger partial charge in [0.2, 0.25) is 0 Å². The molecule has 2 N–H and O–H groups in total. The van der Waals surface area contributed by atoms with Crippen LogP contribution in [-0.2, 0) is 29.5 Å². The summed E-state index contributed by atoms with van der Waals surface area (Å²) in [7, 11) is -10.0. The van der Waals surface area contributed by atoms with E-state index in [2.05, 4.69) is 21.8 Å². The van der Waals surface area contributed by atoms with Crippen molar-refractivity contribution in [3.05, 3.63) is 24.8 Å². The Hall–Kier alpha value is -0.780. The van der Waals surface area contributed by atoms with Gasteiger partial charge < -0.3 is 0 Å². The Bertz CT molecular complexity index is 370. The highest BCUT2D eigenvalue weighted by atomic mass is 32.3. The highest BCUT2D eigenvalue weighted by molar-refractivity contribution is 7.83. The summed E-state index contributed by atoms with van der Waals surface area (Å²) in [6, 6.07) is 0. The van der Waals surface area contributed by atoms with E-state index in [1.54, 1.807) is 6.08 Å². The smallest absolute Gasteiger partial charge is 0.262 e. The van der Waals surface area contributed by atoms with Crippen molar-refractivity contribution in [2.75, 3.05) is 0 Å². The standard InChI is InChI=1S/C5H8.H2O8S2/c1-4-5(2)3;1-9(2,3)7-8-10(4,5)6/h4H,1-2H2,3H3;(H,1,2,3)(H,4,5,6). The van der Waals surface area contributed by atoms with E-state index < -0.39 is 20.8 Å². The summed E-state index contributed by atoms with van der Waals surface area (Å²) in [6.45, 7) is 8.93. The third-order valence-corrected chi connectivity index (χ3v) is 1.11. The maximum absolute atomic E-state index is 9.51. The third-order valence-electron chi connectivity index (χ3n) is 0.548. The molecule has 90 valence electrons. The SMILES string of the molecule is C=CC(=C)C.O=S(=O)(O)OOS(=O)(=O)O. The summed E-state index contributed by atoms with van der Waals surface area (Å²) < 4.78 is 58.9. The van der Waals surface area contributed by atoms with Crippen LogP contribution in [0.3, 0.4) is 0 Å². The van der Waals surface area contributed by atoms with E-state index in [1.807, 2.05) is 6.92 Å². The first-order chi connectivity index (χ1) is 6.48. The normalized spacial score (nSPS) is 11.1. The zero-order valence-corrected chi connectivity index (χ0v) is 9.28. The van der Waals surface area contributed by atoms with E-state index in [1.165, 1.54) is 0 Å². The Labute approximate surface area is 87.7 Å². The molecule has 0 aromatic heterocycles. The lowest BCUT2D eigenvalue weighted by Crippen LogP contribution is -2.10. The Morgan fingerprint density at radius 2 is 1.33 bits per heavy atom. The number of rotatable bonds is 4. The lowest BCUT2D eigenvalue weighted by atomic mass is 10.4. The molecule has 0 radical (unpaired) electrons. The van der Waals surface area contributed by atoms with Gasteiger partial charge >= 0.3 is 20.8 Å². The Kier molecular flexibility index (Phi) is 7.39. The van der Waals surface area contributed by atoms with Crippen LogP contribution in [0.15, 0.2) is 24.8 Å². The lowest BCUT2D eigenvalue weighted by Gasteiger charge is -1.92. The molecule has 0 aromatic rings. The van der Waals surface area contributed by atoms with E-state index in [4.69, 9.17) is 9.11 Å². The number of hydrogen-bond donors (Lipinski definition) is 2. The predicted octanol–water partition coefficient (Wildman–Crippen LogP) is 0.289. The molecule has 0 unspecified atom stereocenters. The first-order valence-corrected chi connectivity index (χ1v) is 5.81. The Morgan fingerprint density at radius 1 is 1.13 bits per heavy atom. The van der Waals surface area contributed by atoms with Gasteiger partial charge in [-0.15, -0.1) is 0 Å². The van der Waals surface area contributed by atoms with Gasteiger partial charge in [0.1, 0.15) is 0 Å². The Balaban J connectivity index is 0. The molecule has 0 saturated carbocycles. The van der Waals surface area contributed by atoms with Gasteiger partial charge in [0.25, 0.3) is 0 Å². The van der Waals surface area contributed by atoms with Crippen LogP contribution in [-0.4, -0.2) is 25.9 Å².